The maximum absolute atomic E-state index is 13.9. The molecule has 2 N–H and O–H groups in total. The molecule has 0 spiro atoms. The van der Waals surface area contributed by atoms with Crippen molar-refractivity contribution < 1.29 is 9.50 Å². The van der Waals surface area contributed by atoms with Gasteiger partial charge in [0.1, 0.15) is 5.82 Å². The molecule has 1 unspecified atom stereocenters. The van der Waals surface area contributed by atoms with E-state index in [1.165, 1.54) is 6.07 Å². The molecule has 3 heteroatoms. The predicted octanol–water partition coefficient (Wildman–Crippen LogP) is 3.47. The Kier molecular flexibility index (Phi) is 5.90. The maximum Gasteiger partial charge on any atom is 0.127 e. The van der Waals surface area contributed by atoms with Crippen LogP contribution in [-0.4, -0.2) is 17.8 Å². The van der Waals surface area contributed by atoms with Crippen LogP contribution in [-0.2, 0) is 6.42 Å². The number of rotatable bonds is 7. The zero-order valence-corrected chi connectivity index (χ0v) is 12.3. The smallest absolute Gasteiger partial charge is 0.127 e. The van der Waals surface area contributed by atoms with Crippen molar-refractivity contribution in [3.05, 3.63) is 71.5 Å². The Bertz CT molecular complexity index is 544. The third-order valence-corrected chi connectivity index (χ3v) is 3.67. The van der Waals surface area contributed by atoms with Crippen LogP contribution in [0.4, 0.5) is 4.39 Å². The van der Waals surface area contributed by atoms with Crippen molar-refractivity contribution in [3.63, 3.8) is 0 Å². The predicted molar refractivity (Wildman–Crippen MR) is 83.6 cm³/mol. The lowest BCUT2D eigenvalue weighted by Crippen LogP contribution is -2.37. The summed E-state index contributed by atoms with van der Waals surface area (Å²) in [5.74, 6) is -0.201. The van der Waals surface area contributed by atoms with Crippen molar-refractivity contribution in [2.75, 3.05) is 6.61 Å². The molecule has 0 aromatic heterocycles. The van der Waals surface area contributed by atoms with Gasteiger partial charge in [-0.05, 0) is 24.5 Å². The molecule has 0 aliphatic carbocycles. The van der Waals surface area contributed by atoms with Gasteiger partial charge in [-0.25, -0.2) is 4.39 Å². The Morgan fingerprint density at radius 1 is 1.05 bits per heavy atom. The second-order valence-corrected chi connectivity index (χ2v) is 5.22. The molecule has 0 radical (unpaired) electrons. The Hall–Kier alpha value is -1.71. The minimum Gasteiger partial charge on any atom is -0.395 e. The Labute approximate surface area is 125 Å². The van der Waals surface area contributed by atoms with E-state index >= 15 is 0 Å². The molecule has 2 aromatic rings. The van der Waals surface area contributed by atoms with E-state index in [-0.39, 0.29) is 24.5 Å². The van der Waals surface area contributed by atoms with Crippen LogP contribution in [0, 0.1) is 5.82 Å². The molecule has 0 aliphatic heterocycles. The highest BCUT2D eigenvalue weighted by atomic mass is 19.1. The van der Waals surface area contributed by atoms with Gasteiger partial charge in [0.25, 0.3) is 0 Å². The normalized spacial score (nSPS) is 13.9. The van der Waals surface area contributed by atoms with E-state index in [2.05, 4.69) is 5.32 Å². The molecule has 0 aliphatic rings. The van der Waals surface area contributed by atoms with Crippen LogP contribution >= 0.6 is 0 Å². The lowest BCUT2D eigenvalue weighted by molar-refractivity contribution is 0.228. The van der Waals surface area contributed by atoms with Crippen molar-refractivity contribution in [3.8, 4) is 0 Å². The summed E-state index contributed by atoms with van der Waals surface area (Å²) in [5.41, 5.74) is 1.82. The number of nitrogens with one attached hydrogen (secondary N) is 1. The zero-order valence-electron chi connectivity index (χ0n) is 12.3. The lowest BCUT2D eigenvalue weighted by Gasteiger charge is -2.24. The number of aliphatic hydroxyl groups is 1. The van der Waals surface area contributed by atoms with Gasteiger partial charge in [0.2, 0.25) is 0 Å². The average Bonchev–Trinajstić information content (AvgIpc) is 2.53. The molecular formula is C18H22FNO. The van der Waals surface area contributed by atoms with E-state index in [0.29, 0.717) is 5.56 Å². The molecule has 0 amide bonds. The molecule has 0 heterocycles. The van der Waals surface area contributed by atoms with E-state index in [1.807, 2.05) is 43.3 Å². The van der Waals surface area contributed by atoms with Gasteiger partial charge < -0.3 is 10.4 Å². The van der Waals surface area contributed by atoms with Gasteiger partial charge in [0.05, 0.1) is 6.61 Å². The second-order valence-electron chi connectivity index (χ2n) is 5.22. The summed E-state index contributed by atoms with van der Waals surface area (Å²) in [6.45, 7) is 2.04. The van der Waals surface area contributed by atoms with Crippen LogP contribution in [0.2, 0.25) is 0 Å². The largest absolute Gasteiger partial charge is 0.395 e. The first-order valence-electron chi connectivity index (χ1n) is 7.39. The van der Waals surface area contributed by atoms with Gasteiger partial charge in [-0.15, -0.1) is 0 Å². The highest BCUT2D eigenvalue weighted by molar-refractivity contribution is 5.22. The summed E-state index contributed by atoms with van der Waals surface area (Å²) in [4.78, 5) is 0. The maximum atomic E-state index is 13.9. The highest BCUT2D eigenvalue weighted by Crippen LogP contribution is 2.21. The summed E-state index contributed by atoms with van der Waals surface area (Å²) < 4.78 is 13.9. The first-order chi connectivity index (χ1) is 10.2. The number of halogens is 1. The summed E-state index contributed by atoms with van der Waals surface area (Å²) in [6.07, 6.45) is 1.49. The molecule has 2 nitrogen and oxygen atoms in total. The van der Waals surface area contributed by atoms with Crippen molar-refractivity contribution in [2.45, 2.75) is 31.8 Å². The lowest BCUT2D eigenvalue weighted by atomic mass is 10.0. The molecule has 0 saturated heterocycles. The molecule has 2 rings (SSSR count). The fourth-order valence-corrected chi connectivity index (χ4v) is 2.54. The van der Waals surface area contributed by atoms with E-state index < -0.39 is 0 Å². The molecule has 2 aromatic carbocycles. The third-order valence-electron chi connectivity index (χ3n) is 3.67. The quantitative estimate of drug-likeness (QED) is 0.817. The first-order valence-corrected chi connectivity index (χ1v) is 7.39. The molecule has 0 bridgehead atoms. The van der Waals surface area contributed by atoms with Crippen molar-refractivity contribution in [1.82, 2.24) is 5.32 Å². The molecular weight excluding hydrogens is 265 g/mol. The molecule has 0 saturated carbocycles. The van der Waals surface area contributed by atoms with Gasteiger partial charge in [0, 0.05) is 17.6 Å². The highest BCUT2D eigenvalue weighted by Gasteiger charge is 2.18. The third kappa shape index (κ3) is 4.38. The van der Waals surface area contributed by atoms with Gasteiger partial charge >= 0.3 is 0 Å². The second kappa shape index (κ2) is 7.91. The van der Waals surface area contributed by atoms with E-state index in [9.17, 15) is 9.50 Å². The minimum atomic E-state index is -0.201. The van der Waals surface area contributed by atoms with Crippen molar-refractivity contribution >= 4 is 0 Å². The Morgan fingerprint density at radius 3 is 2.33 bits per heavy atom. The fourth-order valence-electron chi connectivity index (χ4n) is 2.54. The number of benzene rings is 2. The summed E-state index contributed by atoms with van der Waals surface area (Å²) in [6, 6.07) is 16.6. The summed E-state index contributed by atoms with van der Waals surface area (Å²) in [5, 5.41) is 13.0. The van der Waals surface area contributed by atoms with E-state index in [1.54, 1.807) is 12.1 Å². The molecule has 2 atom stereocenters. The number of aliphatic hydroxyl groups excluding tert-OH is 1. The van der Waals surface area contributed by atoms with Crippen LogP contribution < -0.4 is 5.32 Å². The minimum absolute atomic E-state index is 0.0276. The van der Waals surface area contributed by atoms with Crippen LogP contribution in [0.25, 0.3) is 0 Å². The first kappa shape index (κ1) is 15.7. The monoisotopic (exact) mass is 287 g/mol. The molecule has 0 fully saturated rings. The number of hydrogen-bond acceptors (Lipinski definition) is 2. The van der Waals surface area contributed by atoms with Gasteiger partial charge in [0.15, 0.2) is 0 Å². The van der Waals surface area contributed by atoms with Gasteiger partial charge in [-0.1, -0.05) is 55.5 Å². The summed E-state index contributed by atoms with van der Waals surface area (Å²) >= 11 is 0. The molecule has 112 valence electrons. The Balaban J connectivity index is 2.07. The zero-order chi connectivity index (χ0) is 15.1. The van der Waals surface area contributed by atoms with Gasteiger partial charge in [-0.2, -0.15) is 0 Å². The van der Waals surface area contributed by atoms with Crippen LogP contribution in [0.3, 0.4) is 0 Å². The SMILES string of the molecule is CCC(N[C@H](CO)Cc1ccccc1)c1ccccc1F. The molecule has 21 heavy (non-hydrogen) atoms. The average molecular weight is 287 g/mol. The topological polar surface area (TPSA) is 32.3 Å². The van der Waals surface area contributed by atoms with E-state index in [0.717, 1.165) is 18.4 Å². The number of hydrogen-bond donors (Lipinski definition) is 2. The van der Waals surface area contributed by atoms with Crippen LogP contribution in [0.15, 0.2) is 54.6 Å². The standard InChI is InChI=1S/C18H22FNO/c1-2-18(16-10-6-7-11-17(16)19)20-15(13-21)12-14-8-4-3-5-9-14/h3-11,15,18,20-21H,2,12-13H2,1H3/t15-,18?/m0/s1. The Morgan fingerprint density at radius 2 is 1.71 bits per heavy atom. The van der Waals surface area contributed by atoms with Crippen LogP contribution in [0.5, 0.6) is 0 Å². The fraction of sp³-hybridized carbons (Fsp3) is 0.333. The van der Waals surface area contributed by atoms with Crippen molar-refractivity contribution in [1.29, 1.82) is 0 Å². The van der Waals surface area contributed by atoms with Crippen molar-refractivity contribution in [2.24, 2.45) is 0 Å². The van der Waals surface area contributed by atoms with Crippen LogP contribution in [0.1, 0.15) is 30.5 Å². The van der Waals surface area contributed by atoms with Gasteiger partial charge in [-0.3, -0.25) is 0 Å². The van der Waals surface area contributed by atoms with E-state index in [4.69, 9.17) is 0 Å². The summed E-state index contributed by atoms with van der Waals surface area (Å²) in [7, 11) is 0.